The summed E-state index contributed by atoms with van der Waals surface area (Å²) in [6, 6.07) is 13.7. The van der Waals surface area contributed by atoms with Gasteiger partial charge in [0, 0.05) is 25.1 Å². The molecular weight excluding hydrogens is 308 g/mol. The van der Waals surface area contributed by atoms with Crippen molar-refractivity contribution in [3.8, 4) is 6.07 Å². The molecule has 0 bridgehead atoms. The number of aryl methyl sites for hydroxylation is 1. The second kappa shape index (κ2) is 5.15. The van der Waals surface area contributed by atoms with Crippen molar-refractivity contribution in [3.63, 3.8) is 0 Å². The molecule has 5 heteroatoms. The number of nitrogens with one attached hydrogen (secondary N) is 1. The van der Waals surface area contributed by atoms with E-state index in [9.17, 15) is 0 Å². The van der Waals surface area contributed by atoms with E-state index in [0.29, 0.717) is 12.0 Å². The molecule has 0 fully saturated rings. The van der Waals surface area contributed by atoms with Gasteiger partial charge in [-0.1, -0.05) is 17.7 Å². The molecule has 0 saturated heterocycles. The topological polar surface area (TPSA) is 57.4 Å². The summed E-state index contributed by atoms with van der Waals surface area (Å²) in [5.41, 5.74) is 4.59. The third-order valence-electron chi connectivity index (χ3n) is 4.09. The molecule has 23 heavy (non-hydrogen) atoms. The van der Waals surface area contributed by atoms with E-state index in [0.717, 1.165) is 32.8 Å². The summed E-state index contributed by atoms with van der Waals surface area (Å²) < 4.78 is 2.03. The second-order valence-corrected chi connectivity index (χ2v) is 6.01. The minimum atomic E-state index is 0.629. The molecule has 4 nitrogen and oxygen atoms in total. The lowest BCUT2D eigenvalue weighted by atomic mass is 10.1. The first-order valence-corrected chi connectivity index (χ1v) is 7.64. The zero-order valence-electron chi connectivity index (χ0n) is 12.5. The second-order valence-electron chi connectivity index (χ2n) is 5.60. The van der Waals surface area contributed by atoms with E-state index < -0.39 is 0 Å². The van der Waals surface area contributed by atoms with Gasteiger partial charge in [0.15, 0.2) is 0 Å². The average Bonchev–Trinajstić information content (AvgIpc) is 3.13. The molecule has 2 heterocycles. The van der Waals surface area contributed by atoms with E-state index in [1.165, 1.54) is 5.56 Å². The Labute approximate surface area is 137 Å². The molecule has 0 spiro atoms. The molecule has 112 valence electrons. The predicted octanol–water partition coefficient (Wildman–Crippen LogP) is 4.17. The first-order chi connectivity index (χ1) is 11.2. The Kier molecular flexibility index (Phi) is 3.10. The monoisotopic (exact) mass is 320 g/mol. The molecule has 0 radical (unpaired) electrons. The van der Waals surface area contributed by atoms with Crippen molar-refractivity contribution >= 4 is 33.5 Å². The van der Waals surface area contributed by atoms with Gasteiger partial charge in [0.1, 0.15) is 5.82 Å². The Bertz CT molecular complexity index is 1080. The Hall–Kier alpha value is -2.77. The van der Waals surface area contributed by atoms with E-state index in [2.05, 4.69) is 22.1 Å². The van der Waals surface area contributed by atoms with Crippen LogP contribution in [0.1, 0.15) is 17.0 Å². The largest absolute Gasteiger partial charge is 0.349 e. The van der Waals surface area contributed by atoms with Gasteiger partial charge >= 0.3 is 0 Å². The first-order valence-electron chi connectivity index (χ1n) is 7.27. The highest BCUT2D eigenvalue weighted by atomic mass is 35.5. The van der Waals surface area contributed by atoms with Crippen LogP contribution in [0.4, 0.5) is 0 Å². The molecule has 4 rings (SSSR count). The van der Waals surface area contributed by atoms with E-state index in [-0.39, 0.29) is 0 Å². The van der Waals surface area contributed by atoms with Gasteiger partial charge in [-0.05, 0) is 35.9 Å². The van der Waals surface area contributed by atoms with Crippen molar-refractivity contribution in [1.82, 2.24) is 14.5 Å². The van der Waals surface area contributed by atoms with Gasteiger partial charge < -0.3 is 9.55 Å². The van der Waals surface area contributed by atoms with Gasteiger partial charge in [-0.25, -0.2) is 4.98 Å². The number of halogens is 1. The molecule has 1 N–H and O–H groups in total. The molecular formula is C18H13ClN4. The molecule has 0 unspecified atom stereocenters. The summed E-state index contributed by atoms with van der Waals surface area (Å²) in [6.07, 6.45) is 2.70. The zero-order valence-corrected chi connectivity index (χ0v) is 13.2. The lowest BCUT2D eigenvalue weighted by Gasteiger charge is -2.05. The van der Waals surface area contributed by atoms with Crippen LogP contribution in [0.15, 0.2) is 42.6 Å². The van der Waals surface area contributed by atoms with Crippen LogP contribution in [-0.4, -0.2) is 14.5 Å². The number of H-pyrrole nitrogens is 1. The SMILES string of the molecule is Cn1ccc2c(Cc3nc4ccc(C#N)cc4[nH]3)ccc(Cl)c21. The Morgan fingerprint density at radius 3 is 2.96 bits per heavy atom. The number of aromatic amines is 1. The number of nitriles is 1. The number of hydrogen-bond donors (Lipinski definition) is 1. The summed E-state index contributed by atoms with van der Waals surface area (Å²) in [7, 11) is 1.99. The maximum absolute atomic E-state index is 8.99. The summed E-state index contributed by atoms with van der Waals surface area (Å²) >= 11 is 6.30. The van der Waals surface area contributed by atoms with Crippen LogP contribution < -0.4 is 0 Å². The Balaban J connectivity index is 1.79. The maximum Gasteiger partial charge on any atom is 0.111 e. The summed E-state index contributed by atoms with van der Waals surface area (Å²) in [5, 5.41) is 10.9. The van der Waals surface area contributed by atoms with Crippen LogP contribution in [0, 0.1) is 11.3 Å². The fourth-order valence-electron chi connectivity index (χ4n) is 2.98. The fourth-order valence-corrected chi connectivity index (χ4v) is 3.28. The first kappa shape index (κ1) is 13.9. The lowest BCUT2D eigenvalue weighted by Crippen LogP contribution is -1.93. The van der Waals surface area contributed by atoms with Crippen LogP contribution >= 0.6 is 11.6 Å². The van der Waals surface area contributed by atoms with Crippen molar-refractivity contribution in [2.24, 2.45) is 7.05 Å². The number of nitrogens with zero attached hydrogens (tertiary/aromatic N) is 3. The van der Waals surface area contributed by atoms with E-state index in [1.54, 1.807) is 6.07 Å². The predicted molar refractivity (Wildman–Crippen MR) is 91.5 cm³/mol. The number of hydrogen-bond acceptors (Lipinski definition) is 2. The van der Waals surface area contributed by atoms with Crippen LogP contribution in [0.5, 0.6) is 0 Å². The Morgan fingerprint density at radius 2 is 2.13 bits per heavy atom. The fraction of sp³-hybridized carbons (Fsp3) is 0.111. The van der Waals surface area contributed by atoms with E-state index in [4.69, 9.17) is 16.9 Å². The standard InChI is InChI=1S/C18H13ClN4/c1-23-7-6-13-12(3-4-14(19)18(13)23)9-17-21-15-5-2-11(10-20)8-16(15)22-17/h2-8H,9H2,1H3,(H,21,22). The van der Waals surface area contributed by atoms with Crippen molar-refractivity contribution in [2.75, 3.05) is 0 Å². The normalized spacial score (nSPS) is 11.2. The molecule has 0 atom stereocenters. The molecule has 0 aliphatic carbocycles. The molecule has 2 aromatic heterocycles. The molecule has 2 aromatic carbocycles. The molecule has 0 aliphatic rings. The molecule has 0 amide bonds. The van der Waals surface area contributed by atoms with Gasteiger partial charge in [-0.3, -0.25) is 0 Å². The van der Waals surface area contributed by atoms with Crippen molar-refractivity contribution in [1.29, 1.82) is 5.26 Å². The highest BCUT2D eigenvalue weighted by molar-refractivity contribution is 6.35. The number of imidazole rings is 1. The van der Waals surface area contributed by atoms with E-state index >= 15 is 0 Å². The number of benzene rings is 2. The lowest BCUT2D eigenvalue weighted by molar-refractivity contribution is 0.968. The van der Waals surface area contributed by atoms with Gasteiger partial charge in [0.2, 0.25) is 0 Å². The third-order valence-corrected chi connectivity index (χ3v) is 4.40. The number of fused-ring (bicyclic) bond motifs is 2. The van der Waals surface area contributed by atoms with Gasteiger partial charge in [0.05, 0.1) is 33.2 Å². The quantitative estimate of drug-likeness (QED) is 0.602. The highest BCUT2D eigenvalue weighted by Crippen LogP contribution is 2.28. The minimum absolute atomic E-state index is 0.629. The molecule has 0 saturated carbocycles. The highest BCUT2D eigenvalue weighted by Gasteiger charge is 2.11. The van der Waals surface area contributed by atoms with Crippen molar-refractivity contribution in [3.05, 3.63) is 64.6 Å². The van der Waals surface area contributed by atoms with Crippen LogP contribution in [0.3, 0.4) is 0 Å². The number of rotatable bonds is 2. The van der Waals surface area contributed by atoms with Gasteiger partial charge in [0.25, 0.3) is 0 Å². The van der Waals surface area contributed by atoms with Crippen molar-refractivity contribution in [2.45, 2.75) is 6.42 Å². The minimum Gasteiger partial charge on any atom is -0.349 e. The smallest absolute Gasteiger partial charge is 0.111 e. The van der Waals surface area contributed by atoms with Crippen LogP contribution in [0.2, 0.25) is 5.02 Å². The maximum atomic E-state index is 8.99. The van der Waals surface area contributed by atoms with E-state index in [1.807, 2.05) is 42.1 Å². The Morgan fingerprint density at radius 1 is 1.26 bits per heavy atom. The zero-order chi connectivity index (χ0) is 16.0. The summed E-state index contributed by atoms with van der Waals surface area (Å²) in [5.74, 6) is 0.877. The van der Waals surface area contributed by atoms with Gasteiger partial charge in [-0.2, -0.15) is 5.26 Å². The average molecular weight is 321 g/mol. The third kappa shape index (κ3) is 2.26. The number of aromatic nitrogens is 3. The molecule has 4 aromatic rings. The summed E-state index contributed by atoms with van der Waals surface area (Å²) in [6.45, 7) is 0. The van der Waals surface area contributed by atoms with Crippen molar-refractivity contribution < 1.29 is 0 Å². The van der Waals surface area contributed by atoms with Gasteiger partial charge in [-0.15, -0.1) is 0 Å². The molecule has 0 aliphatic heterocycles. The summed E-state index contributed by atoms with van der Waals surface area (Å²) in [4.78, 5) is 7.92. The van der Waals surface area contributed by atoms with Crippen LogP contribution in [0.25, 0.3) is 21.9 Å². The van der Waals surface area contributed by atoms with Crippen LogP contribution in [-0.2, 0) is 13.5 Å².